The molecule has 5 heterocycles. The summed E-state index contributed by atoms with van der Waals surface area (Å²) in [5, 5.41) is 84.5. The van der Waals surface area contributed by atoms with E-state index < -0.39 is 92.3 Å². The second kappa shape index (κ2) is 16.4. The second-order valence-corrected chi connectivity index (χ2v) is 20.6. The topological polar surface area (TPSA) is 236 Å². The van der Waals surface area contributed by atoms with E-state index >= 15 is 0 Å². The van der Waals surface area contributed by atoms with Gasteiger partial charge in [-0.15, -0.1) is 0 Å². The zero-order valence-corrected chi connectivity index (χ0v) is 34.9. The Balaban J connectivity index is 0.887. The third-order valence-electron chi connectivity index (χ3n) is 17.5. The smallest absolute Gasteiger partial charge is 0.187 e. The monoisotopic (exact) mass is 842 g/mol. The molecule has 0 radical (unpaired) electrons. The Kier molecular flexibility index (Phi) is 12.1. The van der Waals surface area contributed by atoms with Crippen molar-refractivity contribution in [3.05, 3.63) is 0 Å². The SMILES string of the molecule is CC1C2C(C[C@H]3C4CC[C@@H]5C[C@@H](O[C@@H]6O[C@H](CO)[C@@H](O[C@@H]7OC[C@@H](O)[C@H](O)[C@H]7O)[C@H](O)[C@H]6O[C@@H]6OC[C@@H](O)[C@H](O)[C@H]6O)CC[C@]5(C)C4CC[C@]23C)O[C@]12CC[C@H](C)CO2. The van der Waals surface area contributed by atoms with Crippen LogP contribution < -0.4 is 0 Å². The molecular weight excluding hydrogens is 772 g/mol. The van der Waals surface area contributed by atoms with Crippen molar-refractivity contribution >= 4 is 0 Å². The largest absolute Gasteiger partial charge is 0.394 e. The average Bonchev–Trinajstić information content (AvgIpc) is 3.67. The lowest BCUT2D eigenvalue weighted by molar-refractivity contribution is -0.382. The van der Waals surface area contributed by atoms with Gasteiger partial charge in [-0.3, -0.25) is 0 Å². The van der Waals surface area contributed by atoms with Gasteiger partial charge in [0.2, 0.25) is 0 Å². The van der Waals surface area contributed by atoms with Gasteiger partial charge in [0.1, 0.15) is 61.0 Å². The van der Waals surface area contributed by atoms with Gasteiger partial charge >= 0.3 is 0 Å². The van der Waals surface area contributed by atoms with Gasteiger partial charge in [-0.05, 0) is 104 Å². The molecule has 16 heteroatoms. The summed E-state index contributed by atoms with van der Waals surface area (Å²) in [5.74, 6) is 3.30. The summed E-state index contributed by atoms with van der Waals surface area (Å²) in [6.07, 6.45) is -8.74. The fourth-order valence-electron chi connectivity index (χ4n) is 14.1. The van der Waals surface area contributed by atoms with E-state index in [9.17, 15) is 40.9 Å². The molecule has 5 saturated heterocycles. The molecule has 1 spiro atoms. The Morgan fingerprint density at radius 2 is 1.29 bits per heavy atom. The molecule has 9 fully saturated rings. The molecule has 0 aromatic heterocycles. The highest BCUT2D eigenvalue weighted by atomic mass is 16.8. The maximum atomic E-state index is 11.9. The normalized spacial score (nSPS) is 58.8. The molecule has 59 heavy (non-hydrogen) atoms. The predicted molar refractivity (Wildman–Crippen MR) is 204 cm³/mol. The highest BCUT2D eigenvalue weighted by molar-refractivity contribution is 5.15. The van der Waals surface area contributed by atoms with Crippen molar-refractivity contribution in [3.8, 4) is 0 Å². The first kappa shape index (κ1) is 43.6. The van der Waals surface area contributed by atoms with E-state index in [1.165, 1.54) is 12.8 Å². The molecule has 0 aromatic rings. The second-order valence-electron chi connectivity index (χ2n) is 20.6. The summed E-state index contributed by atoms with van der Waals surface area (Å²) < 4.78 is 49.5. The molecule has 25 atom stereocenters. The van der Waals surface area contributed by atoms with Gasteiger partial charge in [-0.2, -0.15) is 0 Å². The van der Waals surface area contributed by atoms with E-state index in [0.717, 1.165) is 58.0 Å². The van der Waals surface area contributed by atoms with Gasteiger partial charge in [0.25, 0.3) is 0 Å². The number of hydrogen-bond donors (Lipinski definition) is 8. The molecule has 9 rings (SSSR count). The highest BCUT2D eigenvalue weighted by Gasteiger charge is 2.69. The number of aliphatic hydroxyl groups excluding tert-OH is 8. The Morgan fingerprint density at radius 3 is 1.93 bits per heavy atom. The summed E-state index contributed by atoms with van der Waals surface area (Å²) in [5.41, 5.74) is 0.360. The molecule has 0 aromatic carbocycles. The number of hydrogen-bond acceptors (Lipinski definition) is 16. The van der Waals surface area contributed by atoms with Crippen molar-refractivity contribution in [2.75, 3.05) is 26.4 Å². The minimum absolute atomic E-state index is 0.128. The van der Waals surface area contributed by atoms with Crippen molar-refractivity contribution < 1.29 is 78.7 Å². The summed E-state index contributed by atoms with van der Waals surface area (Å²) in [4.78, 5) is 0. The van der Waals surface area contributed by atoms with Gasteiger partial charge in [0.05, 0.1) is 38.6 Å². The molecule has 16 nitrogen and oxygen atoms in total. The molecular formula is C43H70O16. The van der Waals surface area contributed by atoms with Crippen LogP contribution in [0.1, 0.15) is 91.9 Å². The molecule has 9 aliphatic rings. The predicted octanol–water partition coefficient (Wildman–Crippen LogP) is 0.545. The lowest BCUT2D eigenvalue weighted by atomic mass is 9.44. The van der Waals surface area contributed by atoms with Gasteiger partial charge in [0, 0.05) is 12.3 Å². The third-order valence-corrected chi connectivity index (χ3v) is 17.5. The van der Waals surface area contributed by atoms with Crippen LogP contribution in [0.4, 0.5) is 0 Å². The van der Waals surface area contributed by atoms with Gasteiger partial charge in [-0.25, -0.2) is 0 Å². The van der Waals surface area contributed by atoms with Gasteiger partial charge in [0.15, 0.2) is 24.7 Å². The molecule has 8 N–H and O–H groups in total. The van der Waals surface area contributed by atoms with Crippen molar-refractivity contribution in [2.45, 2.75) is 190 Å². The van der Waals surface area contributed by atoms with E-state index in [1.54, 1.807) is 0 Å². The summed E-state index contributed by atoms with van der Waals surface area (Å²) >= 11 is 0. The molecule has 4 aliphatic carbocycles. The fourth-order valence-corrected chi connectivity index (χ4v) is 14.1. The summed E-state index contributed by atoms with van der Waals surface area (Å²) in [6, 6.07) is 0. The molecule has 0 bridgehead atoms. The minimum atomic E-state index is -1.68. The first-order valence-electron chi connectivity index (χ1n) is 22.6. The number of fused-ring (bicyclic) bond motifs is 7. The maximum absolute atomic E-state index is 11.9. The number of aliphatic hydroxyl groups is 8. The van der Waals surface area contributed by atoms with Crippen LogP contribution in [0, 0.1) is 52.3 Å². The zero-order valence-electron chi connectivity index (χ0n) is 34.9. The number of rotatable bonds is 7. The van der Waals surface area contributed by atoms with E-state index in [2.05, 4.69) is 27.7 Å². The van der Waals surface area contributed by atoms with Gasteiger partial charge < -0.3 is 78.7 Å². The molecule has 5 unspecified atom stereocenters. The summed E-state index contributed by atoms with van der Waals surface area (Å²) in [6.45, 7) is 9.18. The Morgan fingerprint density at radius 1 is 0.627 bits per heavy atom. The van der Waals surface area contributed by atoms with Crippen LogP contribution in [0.15, 0.2) is 0 Å². The van der Waals surface area contributed by atoms with E-state index in [1.807, 2.05) is 0 Å². The van der Waals surface area contributed by atoms with Crippen molar-refractivity contribution in [2.24, 2.45) is 52.3 Å². The van der Waals surface area contributed by atoms with Crippen LogP contribution in [0.5, 0.6) is 0 Å². The van der Waals surface area contributed by atoms with Crippen LogP contribution in [-0.4, -0.2) is 165 Å². The minimum Gasteiger partial charge on any atom is -0.394 e. The van der Waals surface area contributed by atoms with Crippen molar-refractivity contribution in [3.63, 3.8) is 0 Å². The van der Waals surface area contributed by atoms with Crippen LogP contribution in [0.2, 0.25) is 0 Å². The third kappa shape index (κ3) is 7.28. The van der Waals surface area contributed by atoms with E-state index in [-0.39, 0.29) is 36.3 Å². The van der Waals surface area contributed by atoms with E-state index in [0.29, 0.717) is 41.4 Å². The first-order chi connectivity index (χ1) is 28.1. The molecule has 338 valence electrons. The lowest BCUT2D eigenvalue weighted by Crippen LogP contribution is -2.66. The number of ether oxygens (including phenoxy) is 8. The molecule has 5 aliphatic heterocycles. The fraction of sp³-hybridized carbons (Fsp3) is 1.00. The first-order valence-corrected chi connectivity index (χ1v) is 22.6. The Bertz CT molecular complexity index is 1470. The highest BCUT2D eigenvalue weighted by Crippen LogP contribution is 2.71. The zero-order chi connectivity index (χ0) is 41.8. The molecule has 4 saturated carbocycles. The van der Waals surface area contributed by atoms with Crippen LogP contribution in [0.3, 0.4) is 0 Å². The van der Waals surface area contributed by atoms with Crippen LogP contribution >= 0.6 is 0 Å². The maximum Gasteiger partial charge on any atom is 0.187 e. The molecule has 0 amide bonds. The van der Waals surface area contributed by atoms with Crippen molar-refractivity contribution in [1.29, 1.82) is 0 Å². The quantitative estimate of drug-likeness (QED) is 0.164. The standard InChI is InChI=1S/C43H70O16/c1-19-7-12-43(54-16-19)20(2)30-28(59-43)14-25-23-6-5-21-13-22(8-10-41(21,3)24(23)9-11-42(25,30)4)55-40-37(58-39-34(50)32(48)27(46)18-53-39)35(51)36(29(15-44)56-40)57-38-33(49)31(47)26(45)17-52-38/h19-40,44-51H,5-18H2,1-4H3/t19-,20?,21+,22-,23?,24?,25-,26+,27+,28?,29+,30?,31-,32-,33+,34+,35-,36+,37+,38-,39-,40+,41-,42-,43+/m0/s1. The summed E-state index contributed by atoms with van der Waals surface area (Å²) in [7, 11) is 0. The van der Waals surface area contributed by atoms with E-state index in [4.69, 9.17) is 37.9 Å². The average molecular weight is 843 g/mol. The lowest BCUT2D eigenvalue weighted by Gasteiger charge is -2.61. The van der Waals surface area contributed by atoms with Crippen molar-refractivity contribution in [1.82, 2.24) is 0 Å². The van der Waals surface area contributed by atoms with Crippen LogP contribution in [-0.2, 0) is 37.9 Å². The van der Waals surface area contributed by atoms with Gasteiger partial charge in [-0.1, -0.05) is 27.7 Å². The Labute approximate surface area is 346 Å². The Hall–Kier alpha value is -0.640. The van der Waals surface area contributed by atoms with Crippen LogP contribution in [0.25, 0.3) is 0 Å².